The molecule has 1 aromatic carbocycles. The number of hydrogen-bond donors (Lipinski definition) is 1. The first-order valence-electron chi connectivity index (χ1n) is 9.06. The number of halogens is 1. The third-order valence-electron chi connectivity index (χ3n) is 6.13. The van der Waals surface area contributed by atoms with Gasteiger partial charge in [0.05, 0.1) is 18.7 Å². The normalized spacial score (nSPS) is 28.1. The lowest BCUT2D eigenvalue weighted by atomic mass is 9.72. The van der Waals surface area contributed by atoms with Gasteiger partial charge in [-0.25, -0.2) is 0 Å². The van der Waals surface area contributed by atoms with Gasteiger partial charge in [0.25, 0.3) is 0 Å². The molecule has 5 nitrogen and oxygen atoms in total. The van der Waals surface area contributed by atoms with Gasteiger partial charge in [-0.3, -0.25) is 9.88 Å². The fourth-order valence-corrected chi connectivity index (χ4v) is 4.71. The molecule has 3 aliphatic heterocycles. The topological polar surface area (TPSA) is 77.1 Å². The second-order valence-electron chi connectivity index (χ2n) is 7.24. The fraction of sp³-hybridized carbons (Fsp3) is 0.550. The number of hydrogen-bond acceptors (Lipinski definition) is 4. The van der Waals surface area contributed by atoms with E-state index in [-0.39, 0.29) is 28.5 Å². The van der Waals surface area contributed by atoms with Crippen molar-refractivity contribution in [1.29, 1.82) is 0 Å². The molecule has 0 radical (unpaired) electrons. The predicted molar refractivity (Wildman–Crippen MR) is 109 cm³/mol. The predicted octanol–water partition coefficient (Wildman–Crippen LogP) is 3.15. The summed E-state index contributed by atoms with van der Waals surface area (Å²) in [5.41, 5.74) is 1.89. The number of methoxy groups -OCH3 is 1. The molecule has 0 aliphatic carbocycles. The SMILES string of the molecule is Br.CC[C@H]1CN2CCC1C[C@H]2[C@H](O)c1ccnc2ccc(OC)cc12.O. The van der Waals surface area contributed by atoms with Crippen molar-refractivity contribution in [3.63, 3.8) is 0 Å². The minimum absolute atomic E-state index is 0. The Hall–Kier alpha value is -1.21. The first kappa shape index (κ1) is 21.1. The van der Waals surface area contributed by atoms with Crippen LogP contribution in [0.3, 0.4) is 0 Å². The highest BCUT2D eigenvalue weighted by molar-refractivity contribution is 8.93. The van der Waals surface area contributed by atoms with Gasteiger partial charge in [-0.1, -0.05) is 13.3 Å². The molecule has 0 saturated carbocycles. The summed E-state index contributed by atoms with van der Waals surface area (Å²) in [6.45, 7) is 4.55. The van der Waals surface area contributed by atoms with Crippen molar-refractivity contribution in [3.05, 3.63) is 36.0 Å². The van der Waals surface area contributed by atoms with Crippen LogP contribution < -0.4 is 4.74 Å². The summed E-state index contributed by atoms with van der Waals surface area (Å²) in [7, 11) is 1.67. The third-order valence-corrected chi connectivity index (χ3v) is 6.13. The summed E-state index contributed by atoms with van der Waals surface area (Å²) >= 11 is 0. The van der Waals surface area contributed by atoms with Crippen LogP contribution >= 0.6 is 17.0 Å². The van der Waals surface area contributed by atoms with Crippen LogP contribution in [0.2, 0.25) is 0 Å². The zero-order valence-electron chi connectivity index (χ0n) is 15.4. The van der Waals surface area contributed by atoms with Gasteiger partial charge in [-0.05, 0) is 61.1 Å². The van der Waals surface area contributed by atoms with Crippen LogP contribution in [-0.4, -0.2) is 46.7 Å². The van der Waals surface area contributed by atoms with E-state index >= 15 is 0 Å². The Balaban J connectivity index is 0.00000121. The monoisotopic (exact) mass is 424 g/mol. The molecule has 6 heteroatoms. The molecule has 3 fully saturated rings. The Morgan fingerprint density at radius 1 is 1.35 bits per heavy atom. The summed E-state index contributed by atoms with van der Waals surface area (Å²) in [5, 5.41) is 12.2. The molecule has 3 aliphatic rings. The van der Waals surface area contributed by atoms with Crippen molar-refractivity contribution in [2.75, 3.05) is 20.2 Å². The summed E-state index contributed by atoms with van der Waals surface area (Å²) < 4.78 is 5.36. The summed E-state index contributed by atoms with van der Waals surface area (Å²) in [5.74, 6) is 2.37. The molecule has 0 spiro atoms. The zero-order valence-corrected chi connectivity index (χ0v) is 17.1. The molecule has 1 aromatic heterocycles. The van der Waals surface area contributed by atoms with Crippen LogP contribution in [0.5, 0.6) is 5.75 Å². The van der Waals surface area contributed by atoms with E-state index in [4.69, 9.17) is 4.74 Å². The Labute approximate surface area is 165 Å². The lowest BCUT2D eigenvalue weighted by Gasteiger charge is -2.51. The van der Waals surface area contributed by atoms with E-state index in [9.17, 15) is 5.11 Å². The molecular weight excluding hydrogens is 396 g/mol. The van der Waals surface area contributed by atoms with E-state index in [1.165, 1.54) is 12.8 Å². The average Bonchev–Trinajstić information content (AvgIpc) is 2.66. The van der Waals surface area contributed by atoms with Crippen LogP contribution in [-0.2, 0) is 0 Å². The average molecular weight is 425 g/mol. The van der Waals surface area contributed by atoms with Gasteiger partial charge in [-0.2, -0.15) is 0 Å². The minimum Gasteiger partial charge on any atom is -0.497 e. The molecule has 144 valence electrons. The lowest BCUT2D eigenvalue weighted by Crippen LogP contribution is -2.55. The molecular formula is C20H29BrN2O3. The maximum atomic E-state index is 11.2. The van der Waals surface area contributed by atoms with Crippen LogP contribution in [0.25, 0.3) is 10.9 Å². The highest BCUT2D eigenvalue weighted by atomic mass is 79.9. The number of fused-ring (bicyclic) bond motifs is 4. The summed E-state index contributed by atoms with van der Waals surface area (Å²) in [4.78, 5) is 6.94. The van der Waals surface area contributed by atoms with Crippen LogP contribution in [0, 0.1) is 11.8 Å². The Bertz CT molecular complexity index is 742. The maximum absolute atomic E-state index is 11.2. The summed E-state index contributed by atoms with van der Waals surface area (Å²) in [6.07, 6.45) is 4.97. The first-order valence-corrected chi connectivity index (χ1v) is 9.06. The Morgan fingerprint density at radius 3 is 2.81 bits per heavy atom. The van der Waals surface area contributed by atoms with Gasteiger partial charge in [0.15, 0.2) is 0 Å². The first-order chi connectivity index (χ1) is 11.7. The lowest BCUT2D eigenvalue weighted by molar-refractivity contribution is -0.0562. The number of pyridine rings is 1. The highest BCUT2D eigenvalue weighted by Gasteiger charge is 2.42. The maximum Gasteiger partial charge on any atom is 0.119 e. The van der Waals surface area contributed by atoms with Gasteiger partial charge >= 0.3 is 0 Å². The van der Waals surface area contributed by atoms with E-state index in [1.807, 2.05) is 24.3 Å². The largest absolute Gasteiger partial charge is 0.497 e. The van der Waals surface area contributed by atoms with Gasteiger partial charge in [0.1, 0.15) is 5.75 Å². The van der Waals surface area contributed by atoms with Crippen molar-refractivity contribution >= 4 is 27.9 Å². The molecule has 4 heterocycles. The molecule has 2 bridgehead atoms. The second kappa shape index (κ2) is 8.65. The van der Waals surface area contributed by atoms with Crippen LogP contribution in [0.1, 0.15) is 37.9 Å². The van der Waals surface area contributed by atoms with Crippen molar-refractivity contribution < 1.29 is 15.3 Å². The molecule has 26 heavy (non-hydrogen) atoms. The Morgan fingerprint density at radius 2 is 2.15 bits per heavy atom. The van der Waals surface area contributed by atoms with Gasteiger partial charge in [0.2, 0.25) is 0 Å². The molecule has 5 rings (SSSR count). The number of benzene rings is 1. The standard InChI is InChI=1S/C20H26N2O2.BrH.H2O/c1-3-13-12-22-9-7-14(13)10-19(22)20(23)16-6-8-21-18-5-4-15(24-2)11-17(16)18;;/h4-6,8,11,13-14,19-20,23H,3,7,9-10,12H2,1-2H3;1H;1H2/t13-,14?,19-,20+;;/m0../s1. The van der Waals surface area contributed by atoms with E-state index < -0.39 is 6.10 Å². The third kappa shape index (κ3) is 3.60. The van der Waals surface area contributed by atoms with Gasteiger partial charge in [0, 0.05) is 24.2 Å². The molecule has 0 amide bonds. The minimum atomic E-state index is -0.469. The van der Waals surface area contributed by atoms with E-state index in [2.05, 4.69) is 16.8 Å². The second-order valence-corrected chi connectivity index (χ2v) is 7.24. The molecule has 2 unspecified atom stereocenters. The van der Waals surface area contributed by atoms with Crippen molar-refractivity contribution in [2.45, 2.75) is 38.3 Å². The molecule has 3 saturated heterocycles. The fourth-order valence-electron chi connectivity index (χ4n) is 4.71. The quantitative estimate of drug-likeness (QED) is 0.817. The van der Waals surface area contributed by atoms with Gasteiger partial charge < -0.3 is 15.3 Å². The van der Waals surface area contributed by atoms with E-state index in [1.54, 1.807) is 13.3 Å². The van der Waals surface area contributed by atoms with Crippen molar-refractivity contribution in [3.8, 4) is 5.75 Å². The highest BCUT2D eigenvalue weighted by Crippen LogP contribution is 2.42. The number of piperidine rings is 3. The van der Waals surface area contributed by atoms with Crippen LogP contribution in [0.15, 0.2) is 30.5 Å². The van der Waals surface area contributed by atoms with Crippen LogP contribution in [0.4, 0.5) is 0 Å². The number of aliphatic hydroxyl groups excluding tert-OH is 1. The molecule has 2 aromatic rings. The number of nitrogens with zero attached hydrogens (tertiary/aromatic N) is 2. The molecule has 3 N–H and O–H groups in total. The van der Waals surface area contributed by atoms with Crippen molar-refractivity contribution in [1.82, 2.24) is 9.88 Å². The number of ether oxygens (including phenoxy) is 1. The Kier molecular flexibility index (Phi) is 7.02. The molecule has 5 atom stereocenters. The summed E-state index contributed by atoms with van der Waals surface area (Å²) in [6, 6.07) is 8.07. The van der Waals surface area contributed by atoms with E-state index in [0.29, 0.717) is 0 Å². The van der Waals surface area contributed by atoms with Gasteiger partial charge in [-0.15, -0.1) is 17.0 Å². The smallest absolute Gasteiger partial charge is 0.119 e. The number of rotatable bonds is 4. The number of aliphatic hydroxyl groups is 1. The van der Waals surface area contributed by atoms with E-state index in [0.717, 1.165) is 53.6 Å². The number of aromatic nitrogens is 1. The van der Waals surface area contributed by atoms with Crippen molar-refractivity contribution in [2.24, 2.45) is 11.8 Å². The zero-order chi connectivity index (χ0) is 16.7.